The summed E-state index contributed by atoms with van der Waals surface area (Å²) in [4.78, 5) is 4.54. The number of nitrogens with two attached hydrogens (primary N) is 1. The van der Waals surface area contributed by atoms with Crippen LogP contribution in [0.5, 0.6) is 0 Å². The number of aryl methyl sites for hydroxylation is 1. The highest BCUT2D eigenvalue weighted by Crippen LogP contribution is 2.27. The highest BCUT2D eigenvalue weighted by molar-refractivity contribution is 7.22. The second-order valence-electron chi connectivity index (χ2n) is 3.80. The molecule has 2 aromatic rings. The van der Waals surface area contributed by atoms with Gasteiger partial charge in [-0.15, -0.1) is 0 Å². The molecule has 0 saturated heterocycles. The lowest BCUT2D eigenvalue weighted by atomic mass is 10.2. The molecular formula is C11H15N3S. The van der Waals surface area contributed by atoms with Crippen LogP contribution in [0.4, 0.5) is 5.13 Å². The van der Waals surface area contributed by atoms with Crippen LogP contribution in [0.15, 0.2) is 18.2 Å². The zero-order chi connectivity index (χ0) is 10.8. The smallest absolute Gasteiger partial charge is 0.183 e. The van der Waals surface area contributed by atoms with E-state index in [4.69, 9.17) is 5.73 Å². The number of thiazole rings is 1. The minimum absolute atomic E-state index is 0.151. The Morgan fingerprint density at radius 1 is 1.53 bits per heavy atom. The maximum atomic E-state index is 5.68. The molecule has 15 heavy (non-hydrogen) atoms. The second kappa shape index (κ2) is 4.16. The summed E-state index contributed by atoms with van der Waals surface area (Å²) in [5.41, 5.74) is 7.99. The molecule has 0 saturated carbocycles. The molecule has 3 nitrogen and oxygen atoms in total. The number of aromatic nitrogens is 1. The highest BCUT2D eigenvalue weighted by Gasteiger charge is 2.05. The van der Waals surface area contributed by atoms with Crippen molar-refractivity contribution >= 4 is 26.7 Å². The molecule has 0 bridgehead atoms. The monoisotopic (exact) mass is 221 g/mol. The quantitative estimate of drug-likeness (QED) is 0.836. The van der Waals surface area contributed by atoms with Crippen molar-refractivity contribution in [1.82, 2.24) is 4.98 Å². The molecule has 3 N–H and O–H groups in total. The van der Waals surface area contributed by atoms with Gasteiger partial charge in [0.1, 0.15) is 0 Å². The van der Waals surface area contributed by atoms with Gasteiger partial charge >= 0.3 is 0 Å². The average molecular weight is 221 g/mol. The van der Waals surface area contributed by atoms with Crippen LogP contribution in [0.25, 0.3) is 10.2 Å². The van der Waals surface area contributed by atoms with Crippen molar-refractivity contribution < 1.29 is 0 Å². The van der Waals surface area contributed by atoms with Crippen LogP contribution in [0.3, 0.4) is 0 Å². The van der Waals surface area contributed by atoms with Gasteiger partial charge in [0.2, 0.25) is 0 Å². The topological polar surface area (TPSA) is 50.9 Å². The lowest BCUT2D eigenvalue weighted by Crippen LogP contribution is -2.25. The van der Waals surface area contributed by atoms with E-state index in [2.05, 4.69) is 35.4 Å². The molecule has 0 aliphatic carbocycles. The third-order valence-corrected chi connectivity index (χ3v) is 3.17. The summed E-state index contributed by atoms with van der Waals surface area (Å²) in [6, 6.07) is 6.39. The Labute approximate surface area is 93.3 Å². The summed E-state index contributed by atoms with van der Waals surface area (Å²) in [6.45, 7) is 4.82. The Morgan fingerprint density at radius 2 is 2.33 bits per heavy atom. The molecule has 0 amide bonds. The summed E-state index contributed by atoms with van der Waals surface area (Å²) < 4.78 is 1.22. The zero-order valence-corrected chi connectivity index (χ0v) is 9.77. The van der Waals surface area contributed by atoms with Crippen molar-refractivity contribution in [1.29, 1.82) is 0 Å². The fourth-order valence-electron chi connectivity index (χ4n) is 1.41. The molecule has 1 unspecified atom stereocenters. The number of anilines is 1. The normalized spacial score (nSPS) is 13.0. The number of fused-ring (bicyclic) bond motifs is 1. The Balaban J connectivity index is 2.27. The molecule has 1 atom stereocenters. The van der Waals surface area contributed by atoms with Crippen LogP contribution in [0.2, 0.25) is 0 Å². The molecule has 0 fully saturated rings. The zero-order valence-electron chi connectivity index (χ0n) is 8.95. The summed E-state index contributed by atoms with van der Waals surface area (Å²) in [6.07, 6.45) is 0. The van der Waals surface area contributed by atoms with Crippen molar-refractivity contribution in [3.05, 3.63) is 23.8 Å². The van der Waals surface area contributed by atoms with Crippen molar-refractivity contribution in [3.63, 3.8) is 0 Å². The molecule has 80 valence electrons. The Hall–Kier alpha value is -1.13. The number of nitrogens with one attached hydrogen (secondary N) is 1. The molecule has 0 aliphatic rings. The van der Waals surface area contributed by atoms with Crippen LogP contribution in [0, 0.1) is 6.92 Å². The summed E-state index contributed by atoms with van der Waals surface area (Å²) in [5, 5.41) is 4.20. The standard InChI is InChI=1S/C11H15N3S/c1-7-4-3-5-9-10(7)14-11(15-9)13-6-8(2)12/h3-5,8H,6,12H2,1-2H3,(H,13,14). The summed E-state index contributed by atoms with van der Waals surface area (Å²) in [7, 11) is 0. The molecular weight excluding hydrogens is 206 g/mol. The van der Waals surface area contributed by atoms with Gasteiger partial charge in [-0.2, -0.15) is 0 Å². The van der Waals surface area contributed by atoms with E-state index in [9.17, 15) is 0 Å². The molecule has 1 aromatic carbocycles. The molecule has 2 rings (SSSR count). The molecule has 0 radical (unpaired) electrons. The van der Waals surface area contributed by atoms with Crippen LogP contribution in [0.1, 0.15) is 12.5 Å². The third kappa shape index (κ3) is 2.27. The fourth-order valence-corrected chi connectivity index (χ4v) is 2.36. The van der Waals surface area contributed by atoms with E-state index in [1.165, 1.54) is 10.3 Å². The molecule has 0 spiro atoms. The second-order valence-corrected chi connectivity index (χ2v) is 4.83. The Kier molecular flexibility index (Phi) is 2.88. The first-order valence-electron chi connectivity index (χ1n) is 5.02. The van der Waals surface area contributed by atoms with Crippen molar-refractivity contribution in [2.24, 2.45) is 5.73 Å². The number of rotatable bonds is 3. The lowest BCUT2D eigenvalue weighted by Gasteiger charge is -2.04. The Bertz CT molecular complexity index is 462. The maximum absolute atomic E-state index is 5.68. The van der Waals surface area contributed by atoms with Crippen LogP contribution >= 0.6 is 11.3 Å². The Morgan fingerprint density at radius 3 is 3.00 bits per heavy atom. The molecule has 1 aromatic heterocycles. The lowest BCUT2D eigenvalue weighted by molar-refractivity contribution is 0.779. The van der Waals surface area contributed by atoms with Crippen LogP contribution < -0.4 is 11.1 Å². The largest absolute Gasteiger partial charge is 0.360 e. The van der Waals surface area contributed by atoms with E-state index in [0.29, 0.717) is 0 Å². The van der Waals surface area contributed by atoms with Gasteiger partial charge in [0.15, 0.2) is 5.13 Å². The number of hydrogen-bond acceptors (Lipinski definition) is 4. The van der Waals surface area contributed by atoms with E-state index in [1.807, 2.05) is 6.92 Å². The van der Waals surface area contributed by atoms with Gasteiger partial charge in [-0.1, -0.05) is 23.5 Å². The van der Waals surface area contributed by atoms with Gasteiger partial charge in [-0.25, -0.2) is 4.98 Å². The summed E-state index contributed by atoms with van der Waals surface area (Å²) in [5.74, 6) is 0. The minimum atomic E-state index is 0.151. The van der Waals surface area contributed by atoms with Crippen molar-refractivity contribution in [3.8, 4) is 0 Å². The summed E-state index contributed by atoms with van der Waals surface area (Å²) >= 11 is 1.68. The van der Waals surface area contributed by atoms with Crippen molar-refractivity contribution in [2.45, 2.75) is 19.9 Å². The van der Waals surface area contributed by atoms with Gasteiger partial charge in [0.25, 0.3) is 0 Å². The van der Waals surface area contributed by atoms with Gasteiger partial charge in [0, 0.05) is 12.6 Å². The van der Waals surface area contributed by atoms with Crippen molar-refractivity contribution in [2.75, 3.05) is 11.9 Å². The predicted octanol–water partition coefficient (Wildman–Crippen LogP) is 2.36. The molecule has 0 aliphatic heterocycles. The van der Waals surface area contributed by atoms with Crippen LogP contribution in [-0.4, -0.2) is 17.6 Å². The average Bonchev–Trinajstić information content (AvgIpc) is 2.59. The first kappa shape index (κ1) is 10.4. The van der Waals surface area contributed by atoms with E-state index >= 15 is 0 Å². The van der Waals surface area contributed by atoms with Gasteiger partial charge in [-0.05, 0) is 25.5 Å². The van der Waals surface area contributed by atoms with Crippen LogP contribution in [-0.2, 0) is 0 Å². The number of hydrogen-bond donors (Lipinski definition) is 2. The predicted molar refractivity (Wildman–Crippen MR) is 66.5 cm³/mol. The highest BCUT2D eigenvalue weighted by atomic mass is 32.1. The van der Waals surface area contributed by atoms with E-state index in [-0.39, 0.29) is 6.04 Å². The third-order valence-electron chi connectivity index (χ3n) is 2.20. The van der Waals surface area contributed by atoms with E-state index < -0.39 is 0 Å². The maximum Gasteiger partial charge on any atom is 0.183 e. The minimum Gasteiger partial charge on any atom is -0.360 e. The number of para-hydroxylation sites is 1. The van der Waals surface area contributed by atoms with E-state index in [0.717, 1.165) is 17.2 Å². The van der Waals surface area contributed by atoms with Gasteiger partial charge in [-0.3, -0.25) is 0 Å². The van der Waals surface area contributed by atoms with Gasteiger partial charge in [0.05, 0.1) is 10.2 Å². The molecule has 4 heteroatoms. The van der Waals surface area contributed by atoms with E-state index in [1.54, 1.807) is 11.3 Å². The molecule has 1 heterocycles. The number of benzene rings is 1. The first-order chi connectivity index (χ1) is 7.16. The fraction of sp³-hybridized carbons (Fsp3) is 0.364. The SMILES string of the molecule is Cc1cccc2sc(NCC(C)N)nc12. The number of nitrogens with zero attached hydrogens (tertiary/aromatic N) is 1. The first-order valence-corrected chi connectivity index (χ1v) is 5.84. The van der Waals surface area contributed by atoms with Gasteiger partial charge < -0.3 is 11.1 Å².